The smallest absolute Gasteiger partial charge is 0.396 e. The number of H-pyrrole nitrogens is 1. The Labute approximate surface area is 167 Å². The van der Waals surface area contributed by atoms with Crippen molar-refractivity contribution in [1.29, 1.82) is 0 Å². The molecule has 1 fully saturated rings. The molecule has 1 aromatic rings. The summed E-state index contributed by atoms with van der Waals surface area (Å²) in [4.78, 5) is 60.8. The fourth-order valence-corrected chi connectivity index (χ4v) is 5.85. The van der Waals surface area contributed by atoms with Crippen LogP contribution in [-0.2, 0) is 31.6 Å². The van der Waals surface area contributed by atoms with Gasteiger partial charge in [0.15, 0.2) is 0 Å². The molecule has 172 valence electrons. The van der Waals surface area contributed by atoms with Crippen LogP contribution in [0.2, 0.25) is 0 Å². The molecule has 1 aliphatic rings. The van der Waals surface area contributed by atoms with Crippen molar-refractivity contribution in [3.63, 3.8) is 0 Å². The third kappa shape index (κ3) is 6.76. The quantitative estimate of drug-likeness (QED) is 0.225. The predicted octanol–water partition coefficient (Wildman–Crippen LogP) is -0.978. The van der Waals surface area contributed by atoms with E-state index in [1.165, 1.54) is 0 Å². The Bertz CT molecular complexity index is 1010. The van der Waals surface area contributed by atoms with Crippen LogP contribution in [0.5, 0.6) is 0 Å². The molecule has 19 heteroatoms. The molecule has 6 N–H and O–H groups in total. The van der Waals surface area contributed by atoms with Crippen molar-refractivity contribution in [3.05, 3.63) is 33.1 Å². The van der Waals surface area contributed by atoms with Crippen LogP contribution in [0.3, 0.4) is 0 Å². The molecule has 0 spiro atoms. The zero-order valence-electron chi connectivity index (χ0n) is 15.1. The Balaban J connectivity index is 2.11. The second-order valence-corrected chi connectivity index (χ2v) is 10.6. The summed E-state index contributed by atoms with van der Waals surface area (Å²) < 4.78 is 52.1. The van der Waals surface area contributed by atoms with Gasteiger partial charge in [0.2, 0.25) is 0 Å². The fraction of sp³-hybridized carbons (Fsp3) is 0.636. The molecule has 0 radical (unpaired) electrons. The van der Waals surface area contributed by atoms with Crippen molar-refractivity contribution in [2.24, 2.45) is 11.8 Å². The van der Waals surface area contributed by atoms with Gasteiger partial charge in [-0.2, -0.15) is 8.62 Å². The number of aromatic amines is 1. The van der Waals surface area contributed by atoms with E-state index < -0.39 is 72.1 Å². The van der Waals surface area contributed by atoms with Crippen LogP contribution in [0.15, 0.2) is 21.9 Å². The number of aliphatic hydroxyl groups excluding tert-OH is 1. The summed E-state index contributed by atoms with van der Waals surface area (Å²) in [6.07, 6.45) is -0.957. The minimum atomic E-state index is -5.67. The summed E-state index contributed by atoms with van der Waals surface area (Å²) in [5.41, 5.74) is -1.45. The summed E-state index contributed by atoms with van der Waals surface area (Å²) in [5, 5.41) is 9.59. The highest BCUT2D eigenvalue weighted by atomic mass is 31.3. The van der Waals surface area contributed by atoms with Gasteiger partial charge in [0.25, 0.3) is 5.56 Å². The number of hydrogen-bond acceptors (Lipinski definition) is 10. The van der Waals surface area contributed by atoms with Gasteiger partial charge in [-0.25, -0.2) is 18.5 Å². The number of aromatic nitrogens is 2. The lowest BCUT2D eigenvalue weighted by Gasteiger charge is -2.20. The first-order valence-electron chi connectivity index (χ1n) is 8.00. The number of nitrogens with one attached hydrogen (secondary N) is 1. The average Bonchev–Trinajstić information content (AvgIpc) is 2.85. The molecule has 1 aliphatic heterocycles. The summed E-state index contributed by atoms with van der Waals surface area (Å²) in [5.74, 6) is -1.28. The zero-order chi connectivity index (χ0) is 22.9. The largest absolute Gasteiger partial charge is 0.490 e. The van der Waals surface area contributed by atoms with Gasteiger partial charge < -0.3 is 29.4 Å². The van der Waals surface area contributed by atoms with Crippen LogP contribution in [0, 0.1) is 11.8 Å². The Hall–Kier alpha value is -0.990. The number of phosphoric acid groups is 3. The summed E-state index contributed by atoms with van der Waals surface area (Å²) in [6.45, 7) is 0.308. The SMILES string of the molecule is C[C@H]1[C@H](CO)[C@@H](COP(=O)(O)OP(=O)(O)OP(=O)(O)O)O[C@H]1n1ccc(=O)[nH]c1=O. The average molecular weight is 496 g/mol. The van der Waals surface area contributed by atoms with Gasteiger partial charge in [-0.1, -0.05) is 6.92 Å². The van der Waals surface area contributed by atoms with Gasteiger partial charge in [0, 0.05) is 30.7 Å². The summed E-state index contributed by atoms with van der Waals surface area (Å²) in [7, 11) is -16.6. The van der Waals surface area contributed by atoms with Gasteiger partial charge in [0.05, 0.1) is 12.7 Å². The first-order valence-corrected chi connectivity index (χ1v) is 12.5. The second kappa shape index (κ2) is 9.25. The third-order valence-corrected chi connectivity index (χ3v) is 7.87. The molecule has 2 heterocycles. The van der Waals surface area contributed by atoms with Gasteiger partial charge in [-0.15, -0.1) is 0 Å². The summed E-state index contributed by atoms with van der Waals surface area (Å²) >= 11 is 0. The molecule has 0 aromatic carbocycles. The molecule has 2 rings (SSSR count). The number of nitrogens with zero attached hydrogens (tertiary/aromatic N) is 1. The monoisotopic (exact) mass is 496 g/mol. The van der Waals surface area contributed by atoms with Gasteiger partial charge in [-0.3, -0.25) is 18.9 Å². The summed E-state index contributed by atoms with van der Waals surface area (Å²) in [6, 6.07) is 1.06. The first-order chi connectivity index (χ1) is 13.6. The maximum atomic E-state index is 12.0. The molecule has 0 bridgehead atoms. The van der Waals surface area contributed by atoms with Crippen LogP contribution in [-0.4, -0.2) is 53.5 Å². The maximum Gasteiger partial charge on any atom is 0.490 e. The van der Waals surface area contributed by atoms with Crippen molar-refractivity contribution in [1.82, 2.24) is 9.55 Å². The third-order valence-electron chi connectivity index (χ3n) is 4.07. The lowest BCUT2D eigenvalue weighted by atomic mass is 9.92. The zero-order valence-corrected chi connectivity index (χ0v) is 17.8. The van der Waals surface area contributed by atoms with Gasteiger partial charge in [0.1, 0.15) is 6.23 Å². The molecular weight excluding hydrogens is 477 g/mol. The van der Waals surface area contributed by atoms with E-state index in [9.17, 15) is 33.3 Å². The van der Waals surface area contributed by atoms with E-state index in [4.69, 9.17) is 19.4 Å². The minimum Gasteiger partial charge on any atom is -0.396 e. The topological polar surface area (TPSA) is 244 Å². The van der Waals surface area contributed by atoms with E-state index in [-0.39, 0.29) is 0 Å². The highest BCUT2D eigenvalue weighted by molar-refractivity contribution is 7.66. The number of phosphoric ester groups is 1. The van der Waals surface area contributed by atoms with Crippen LogP contribution in [0.25, 0.3) is 0 Å². The van der Waals surface area contributed by atoms with Crippen molar-refractivity contribution >= 4 is 23.5 Å². The molecule has 1 saturated heterocycles. The molecule has 6 atom stereocenters. The van der Waals surface area contributed by atoms with Crippen LogP contribution in [0.1, 0.15) is 13.2 Å². The number of ether oxygens (including phenoxy) is 1. The Morgan fingerprint density at radius 3 is 2.30 bits per heavy atom. The van der Waals surface area contributed by atoms with E-state index in [0.29, 0.717) is 0 Å². The Morgan fingerprint density at radius 2 is 1.77 bits per heavy atom. The normalized spacial score (nSPS) is 28.7. The van der Waals surface area contributed by atoms with Crippen molar-refractivity contribution in [3.8, 4) is 0 Å². The molecule has 1 aromatic heterocycles. The van der Waals surface area contributed by atoms with Crippen molar-refractivity contribution < 1.29 is 56.3 Å². The van der Waals surface area contributed by atoms with Crippen LogP contribution in [0.4, 0.5) is 0 Å². The Morgan fingerprint density at radius 1 is 1.13 bits per heavy atom. The van der Waals surface area contributed by atoms with Gasteiger partial charge >= 0.3 is 29.2 Å². The Kier molecular flexibility index (Phi) is 7.79. The molecule has 30 heavy (non-hydrogen) atoms. The number of rotatable bonds is 9. The molecule has 0 aliphatic carbocycles. The molecule has 2 unspecified atom stereocenters. The van der Waals surface area contributed by atoms with E-state index >= 15 is 0 Å². The number of aliphatic hydroxyl groups is 1. The lowest BCUT2D eigenvalue weighted by molar-refractivity contribution is -0.0403. The minimum absolute atomic E-state index is 0.500. The number of hydrogen-bond donors (Lipinski definition) is 6. The van der Waals surface area contributed by atoms with E-state index in [0.717, 1.165) is 16.8 Å². The van der Waals surface area contributed by atoms with E-state index in [2.05, 4.69) is 13.1 Å². The molecule has 0 amide bonds. The second-order valence-electron chi connectivity index (χ2n) is 6.17. The highest BCUT2D eigenvalue weighted by Crippen LogP contribution is 2.66. The van der Waals surface area contributed by atoms with Crippen molar-refractivity contribution in [2.45, 2.75) is 19.3 Å². The van der Waals surface area contributed by atoms with Crippen molar-refractivity contribution in [2.75, 3.05) is 13.2 Å². The van der Waals surface area contributed by atoms with Gasteiger partial charge in [-0.05, 0) is 0 Å². The molecule has 0 saturated carbocycles. The van der Waals surface area contributed by atoms with Crippen LogP contribution < -0.4 is 11.2 Å². The fourth-order valence-electron chi connectivity index (χ4n) is 2.82. The first kappa shape index (κ1) is 25.3. The standard InChI is InChI=1S/C11H19N2O14P3/c1-6-7(4-14)8(25-10(6)13-3-2-9(15)12-11(13)16)5-24-29(20,21)27-30(22,23)26-28(17,18)19/h2-3,6-8,10,14H,4-5H2,1H3,(H,20,21)(H,22,23)(H,12,15,16)(H2,17,18,19)/t6-,7-,8+,10+/m0/s1. The molecule has 16 nitrogen and oxygen atoms in total. The van der Waals surface area contributed by atoms with Crippen LogP contribution >= 0.6 is 23.5 Å². The predicted molar refractivity (Wildman–Crippen MR) is 94.8 cm³/mol. The highest BCUT2D eigenvalue weighted by Gasteiger charge is 2.45. The van der Waals surface area contributed by atoms with E-state index in [1.807, 2.05) is 4.98 Å². The molecular formula is C11H19N2O14P3. The van der Waals surface area contributed by atoms with E-state index in [1.54, 1.807) is 6.92 Å². The maximum absolute atomic E-state index is 12.0. The lowest BCUT2D eigenvalue weighted by Crippen LogP contribution is -2.33.